The summed E-state index contributed by atoms with van der Waals surface area (Å²) in [4.78, 5) is 41.5. The van der Waals surface area contributed by atoms with Gasteiger partial charge >= 0.3 is 6.03 Å². The molecule has 31 heavy (non-hydrogen) atoms. The van der Waals surface area contributed by atoms with Crippen molar-refractivity contribution < 1.29 is 14.4 Å². The summed E-state index contributed by atoms with van der Waals surface area (Å²) >= 11 is 0. The van der Waals surface area contributed by atoms with E-state index >= 15 is 0 Å². The molecule has 1 aliphatic carbocycles. The van der Waals surface area contributed by atoms with Crippen molar-refractivity contribution in [1.82, 2.24) is 10.2 Å². The Kier molecular flexibility index (Phi) is 5.67. The Morgan fingerprint density at radius 3 is 2.58 bits per heavy atom. The molecule has 2 aliphatic rings. The van der Waals surface area contributed by atoms with Crippen LogP contribution in [-0.4, -0.2) is 41.9 Å². The first kappa shape index (κ1) is 20.9. The van der Waals surface area contributed by atoms with Gasteiger partial charge < -0.3 is 15.5 Å². The molecule has 1 heterocycles. The Morgan fingerprint density at radius 2 is 1.84 bits per heavy atom. The minimum absolute atomic E-state index is 0.0611. The third kappa shape index (κ3) is 3.87. The first-order valence-electron chi connectivity index (χ1n) is 10.7. The Morgan fingerprint density at radius 1 is 1.13 bits per heavy atom. The molecule has 2 aromatic rings. The van der Waals surface area contributed by atoms with Crippen LogP contribution in [0, 0.1) is 5.92 Å². The van der Waals surface area contributed by atoms with Crippen LogP contribution in [0.4, 0.5) is 21.9 Å². The molecule has 7 nitrogen and oxygen atoms in total. The lowest BCUT2D eigenvalue weighted by molar-refractivity contribution is -0.136. The number of nitrogens with zero attached hydrogens (tertiary/aromatic N) is 2. The van der Waals surface area contributed by atoms with Gasteiger partial charge in [0, 0.05) is 12.7 Å². The van der Waals surface area contributed by atoms with Crippen LogP contribution in [0.25, 0.3) is 0 Å². The first-order valence-corrected chi connectivity index (χ1v) is 10.7. The third-order valence-electron chi connectivity index (χ3n) is 6.49. The summed E-state index contributed by atoms with van der Waals surface area (Å²) in [6.45, 7) is 1.69. The fraction of sp³-hybridized carbons (Fsp3) is 0.375. The second-order valence-electron chi connectivity index (χ2n) is 8.40. The van der Waals surface area contributed by atoms with Crippen LogP contribution in [0.2, 0.25) is 0 Å². The van der Waals surface area contributed by atoms with Gasteiger partial charge in [0.2, 0.25) is 5.91 Å². The van der Waals surface area contributed by atoms with Crippen molar-refractivity contribution in [3.05, 3.63) is 54.6 Å². The summed E-state index contributed by atoms with van der Waals surface area (Å²) in [5, 5.41) is 5.77. The molecule has 2 atom stereocenters. The van der Waals surface area contributed by atoms with E-state index in [-0.39, 0.29) is 18.4 Å². The number of para-hydroxylation sites is 3. The molecule has 1 spiro atoms. The molecule has 2 N–H and O–H groups in total. The summed E-state index contributed by atoms with van der Waals surface area (Å²) in [7, 11) is 1.92. The zero-order valence-electron chi connectivity index (χ0n) is 17.9. The molecule has 0 unspecified atom stereocenters. The second-order valence-corrected chi connectivity index (χ2v) is 8.40. The maximum atomic E-state index is 13.1. The molecule has 7 heteroatoms. The van der Waals surface area contributed by atoms with Crippen molar-refractivity contribution in [2.24, 2.45) is 5.92 Å². The Labute approximate surface area is 182 Å². The predicted octanol–water partition coefficient (Wildman–Crippen LogP) is 3.89. The largest absolute Gasteiger partial charge is 0.343 e. The van der Waals surface area contributed by atoms with E-state index < -0.39 is 17.5 Å². The molecule has 0 radical (unpaired) electrons. The zero-order chi connectivity index (χ0) is 22.0. The number of carbonyl (C=O) groups is 3. The third-order valence-corrected chi connectivity index (χ3v) is 6.49. The van der Waals surface area contributed by atoms with E-state index in [9.17, 15) is 14.4 Å². The number of nitrogens with one attached hydrogen (secondary N) is 2. The van der Waals surface area contributed by atoms with Crippen molar-refractivity contribution >= 4 is 34.9 Å². The van der Waals surface area contributed by atoms with Gasteiger partial charge in [0.1, 0.15) is 12.1 Å². The monoisotopic (exact) mass is 420 g/mol. The van der Waals surface area contributed by atoms with Gasteiger partial charge in [0.05, 0.1) is 11.4 Å². The highest BCUT2D eigenvalue weighted by molar-refractivity contribution is 6.10. The number of benzene rings is 2. The SMILES string of the molecule is C[C@H]1CCCC[C@@]12NC(=O)N(CC(=O)Nc1ccccc1N(C)c1ccccc1)C2=O. The molecule has 0 bridgehead atoms. The number of anilines is 3. The van der Waals surface area contributed by atoms with Crippen LogP contribution in [0.1, 0.15) is 32.6 Å². The number of rotatable bonds is 5. The normalized spacial score (nSPS) is 23.0. The predicted molar refractivity (Wildman–Crippen MR) is 120 cm³/mol. The van der Waals surface area contributed by atoms with Crippen molar-refractivity contribution in [2.75, 3.05) is 23.8 Å². The molecule has 162 valence electrons. The number of carbonyl (C=O) groups excluding carboxylic acids is 3. The van der Waals surface area contributed by atoms with E-state index in [1.807, 2.05) is 73.5 Å². The number of imide groups is 1. The van der Waals surface area contributed by atoms with Gasteiger partial charge in [-0.25, -0.2) is 4.79 Å². The van der Waals surface area contributed by atoms with Gasteiger partial charge in [-0.15, -0.1) is 0 Å². The maximum Gasteiger partial charge on any atom is 0.325 e. The fourth-order valence-electron chi connectivity index (χ4n) is 4.63. The highest BCUT2D eigenvalue weighted by Crippen LogP contribution is 2.38. The molecule has 4 amide bonds. The summed E-state index contributed by atoms with van der Waals surface area (Å²) in [6.07, 6.45) is 3.47. The molecular weight excluding hydrogens is 392 g/mol. The van der Waals surface area contributed by atoms with E-state index in [2.05, 4.69) is 10.6 Å². The van der Waals surface area contributed by atoms with Crippen LogP contribution in [0.3, 0.4) is 0 Å². The van der Waals surface area contributed by atoms with Crippen molar-refractivity contribution in [3.63, 3.8) is 0 Å². The van der Waals surface area contributed by atoms with Crippen LogP contribution < -0.4 is 15.5 Å². The lowest BCUT2D eigenvalue weighted by atomic mass is 9.73. The van der Waals surface area contributed by atoms with Crippen molar-refractivity contribution in [2.45, 2.75) is 38.1 Å². The van der Waals surface area contributed by atoms with Crippen LogP contribution >= 0.6 is 0 Å². The number of amides is 4. The Bertz CT molecular complexity index is 993. The van der Waals surface area contributed by atoms with Crippen LogP contribution in [0.15, 0.2) is 54.6 Å². The quantitative estimate of drug-likeness (QED) is 0.719. The zero-order valence-corrected chi connectivity index (χ0v) is 17.9. The number of hydrogen-bond acceptors (Lipinski definition) is 4. The number of urea groups is 1. The summed E-state index contributed by atoms with van der Waals surface area (Å²) in [5.41, 5.74) is 1.55. The molecule has 0 aromatic heterocycles. The molecule has 1 aliphatic heterocycles. The maximum absolute atomic E-state index is 13.1. The van der Waals surface area contributed by atoms with E-state index in [1.54, 1.807) is 0 Å². The van der Waals surface area contributed by atoms with E-state index in [4.69, 9.17) is 0 Å². The summed E-state index contributed by atoms with van der Waals surface area (Å²) in [5.74, 6) is -0.626. The smallest absolute Gasteiger partial charge is 0.325 e. The highest BCUT2D eigenvalue weighted by atomic mass is 16.2. The van der Waals surface area contributed by atoms with Gasteiger partial charge in [-0.1, -0.05) is 50.1 Å². The van der Waals surface area contributed by atoms with Crippen LogP contribution in [-0.2, 0) is 9.59 Å². The highest BCUT2D eigenvalue weighted by Gasteiger charge is 2.55. The topological polar surface area (TPSA) is 81.8 Å². The average Bonchev–Trinajstić information content (AvgIpc) is 3.01. The second kappa shape index (κ2) is 8.41. The van der Waals surface area contributed by atoms with Crippen molar-refractivity contribution in [3.8, 4) is 0 Å². The first-order chi connectivity index (χ1) is 14.9. The van der Waals surface area contributed by atoms with Gasteiger partial charge in [-0.05, 0) is 43.0 Å². The molecule has 4 rings (SSSR count). The Hall–Kier alpha value is -3.35. The van der Waals surface area contributed by atoms with Gasteiger partial charge in [-0.2, -0.15) is 0 Å². The van der Waals surface area contributed by atoms with E-state index in [1.165, 1.54) is 0 Å². The summed E-state index contributed by atoms with van der Waals surface area (Å²) in [6, 6.07) is 16.8. The van der Waals surface area contributed by atoms with Gasteiger partial charge in [0.25, 0.3) is 5.91 Å². The molecule has 1 saturated heterocycles. The minimum atomic E-state index is -0.860. The molecule has 2 aromatic carbocycles. The average molecular weight is 421 g/mol. The van der Waals surface area contributed by atoms with E-state index in [0.717, 1.165) is 35.5 Å². The molecular formula is C24H28N4O3. The minimum Gasteiger partial charge on any atom is -0.343 e. The fourth-order valence-corrected chi connectivity index (χ4v) is 4.63. The van der Waals surface area contributed by atoms with E-state index in [0.29, 0.717) is 12.1 Å². The summed E-state index contributed by atoms with van der Waals surface area (Å²) < 4.78 is 0. The molecule has 1 saturated carbocycles. The standard InChI is InChI=1S/C24H28N4O3/c1-17-10-8-9-15-24(17)22(30)28(23(31)26-24)16-21(29)25-19-13-6-7-14-20(19)27(2)18-11-4-3-5-12-18/h3-7,11-14,17H,8-10,15-16H2,1-2H3,(H,25,29)(H,26,31)/t17-,24+/m0/s1. The lowest BCUT2D eigenvalue weighted by Gasteiger charge is -2.36. The lowest BCUT2D eigenvalue weighted by Crippen LogP contribution is -2.54. The van der Waals surface area contributed by atoms with Crippen LogP contribution in [0.5, 0.6) is 0 Å². The van der Waals surface area contributed by atoms with Crippen molar-refractivity contribution in [1.29, 1.82) is 0 Å². The van der Waals surface area contributed by atoms with Gasteiger partial charge in [0.15, 0.2) is 0 Å². The number of hydrogen-bond donors (Lipinski definition) is 2. The molecule has 2 fully saturated rings. The Balaban J connectivity index is 1.49. The van der Waals surface area contributed by atoms with Gasteiger partial charge in [-0.3, -0.25) is 14.5 Å².